The Kier molecular flexibility index (Phi) is 7.44. The highest BCUT2D eigenvalue weighted by Crippen LogP contribution is 2.52. The van der Waals surface area contributed by atoms with E-state index in [0.29, 0.717) is 11.2 Å². The minimum Gasteiger partial charge on any atom is -0.386 e. The topological polar surface area (TPSA) is 177 Å². The third-order valence-corrected chi connectivity index (χ3v) is 7.21. The van der Waals surface area contributed by atoms with Crippen molar-refractivity contribution in [2.45, 2.75) is 70.2 Å². The van der Waals surface area contributed by atoms with Gasteiger partial charge in [-0.25, -0.2) is 4.98 Å². The second-order valence-electron chi connectivity index (χ2n) is 7.73. The van der Waals surface area contributed by atoms with Crippen molar-refractivity contribution in [2.24, 2.45) is 0 Å². The molecule has 0 amide bonds. The number of hydrogen-bond donors (Lipinski definition) is 5. The van der Waals surface area contributed by atoms with Crippen LogP contribution in [0.4, 0.5) is 5.82 Å². The molecule has 12 nitrogen and oxygen atoms in total. The highest BCUT2D eigenvalue weighted by Gasteiger charge is 2.40. The number of fused-ring (bicyclic) bond motifs is 1. The van der Waals surface area contributed by atoms with Gasteiger partial charge in [0.15, 0.2) is 6.23 Å². The molecule has 0 spiro atoms. The number of nitrogen functional groups attached to an aromatic ring is 1. The number of ether oxygens (including phenoxy) is 1. The summed E-state index contributed by atoms with van der Waals surface area (Å²) in [5.41, 5.74) is 4.35. The van der Waals surface area contributed by atoms with Crippen molar-refractivity contribution in [3.8, 4) is 0 Å². The van der Waals surface area contributed by atoms with E-state index in [-0.39, 0.29) is 23.4 Å². The van der Waals surface area contributed by atoms with E-state index in [2.05, 4.69) is 9.97 Å². The molecule has 0 aliphatic rings. The van der Waals surface area contributed by atoms with Crippen LogP contribution in [0.1, 0.15) is 46.8 Å². The molecule has 5 unspecified atom stereocenters. The molecule has 0 saturated carbocycles. The van der Waals surface area contributed by atoms with E-state index >= 15 is 0 Å². The van der Waals surface area contributed by atoms with Crippen molar-refractivity contribution >= 4 is 24.6 Å². The molecule has 0 aliphatic heterocycles. The Morgan fingerprint density at radius 3 is 2.53 bits per heavy atom. The third-order valence-electron chi connectivity index (χ3n) is 5.21. The van der Waals surface area contributed by atoms with Gasteiger partial charge in [-0.1, -0.05) is 30.5 Å². The van der Waals surface area contributed by atoms with Gasteiger partial charge in [0.05, 0.1) is 17.4 Å². The minimum atomic E-state index is -3.88. The van der Waals surface area contributed by atoms with Crippen LogP contribution in [-0.2, 0) is 13.8 Å². The highest BCUT2D eigenvalue weighted by molar-refractivity contribution is 7.53. The summed E-state index contributed by atoms with van der Waals surface area (Å²) in [6, 6.07) is 0. The van der Waals surface area contributed by atoms with Gasteiger partial charge < -0.3 is 35.3 Å². The summed E-state index contributed by atoms with van der Waals surface area (Å²) in [6.45, 7) is 6.61. The van der Waals surface area contributed by atoms with Crippen LogP contribution in [0.5, 0.6) is 0 Å². The number of aliphatic hydroxyl groups excluding tert-OH is 2. The van der Waals surface area contributed by atoms with Crippen molar-refractivity contribution in [3.63, 3.8) is 0 Å². The fraction of sp³-hybridized carbons (Fsp3) is 0.706. The molecular weight excluding hydrogens is 417 g/mol. The van der Waals surface area contributed by atoms with Gasteiger partial charge in [-0.05, 0) is 13.3 Å². The first kappa shape index (κ1) is 24.4. The maximum Gasteiger partial charge on any atom is 0.331 e. The van der Waals surface area contributed by atoms with Gasteiger partial charge in [-0.3, -0.25) is 9.13 Å². The summed E-state index contributed by atoms with van der Waals surface area (Å²) in [4.78, 5) is 18.1. The molecule has 30 heavy (non-hydrogen) atoms. The molecule has 5 atom stereocenters. The number of hydrogen-bond acceptors (Lipinski definition) is 9. The third kappa shape index (κ3) is 4.90. The lowest BCUT2D eigenvalue weighted by molar-refractivity contribution is -0.894. The zero-order chi connectivity index (χ0) is 22.9. The van der Waals surface area contributed by atoms with E-state index in [0.717, 1.165) is 6.33 Å². The van der Waals surface area contributed by atoms with E-state index in [1.165, 1.54) is 18.0 Å². The van der Waals surface area contributed by atoms with Crippen molar-refractivity contribution in [3.05, 3.63) is 12.7 Å². The molecule has 0 bridgehead atoms. The molecule has 170 valence electrons. The molecule has 0 aliphatic carbocycles. The Morgan fingerprint density at radius 2 is 2.00 bits per heavy atom. The molecule has 0 saturated heterocycles. The lowest BCUT2D eigenvalue weighted by Gasteiger charge is -2.36. The summed E-state index contributed by atoms with van der Waals surface area (Å²) in [5.74, 6) is -0.0805. The summed E-state index contributed by atoms with van der Waals surface area (Å²) in [5, 5.41) is 31.1. The van der Waals surface area contributed by atoms with Gasteiger partial charge in [-0.15, -0.1) is 0 Å². The molecule has 0 radical (unpaired) electrons. The Balaban J connectivity index is 2.28. The van der Waals surface area contributed by atoms with Crippen molar-refractivity contribution in [2.75, 3.05) is 12.8 Å². The first-order valence-electron chi connectivity index (χ1n) is 9.51. The van der Waals surface area contributed by atoms with Gasteiger partial charge in [-0.2, -0.15) is 0 Å². The number of rotatable bonds is 10. The Morgan fingerprint density at radius 1 is 1.37 bits per heavy atom. The van der Waals surface area contributed by atoms with Crippen LogP contribution in [0.2, 0.25) is 0 Å². The first-order valence-corrected chi connectivity index (χ1v) is 11.2. The van der Waals surface area contributed by atoms with Crippen LogP contribution in [0, 0.1) is 0 Å². The number of aromatic nitrogens is 4. The minimum absolute atomic E-state index is 0.0360. The summed E-state index contributed by atoms with van der Waals surface area (Å²) < 4.78 is 25.1. The quantitative estimate of drug-likeness (QED) is 0.196. The van der Waals surface area contributed by atoms with Crippen LogP contribution < -0.4 is 10.5 Å². The largest absolute Gasteiger partial charge is 0.386 e. The van der Waals surface area contributed by atoms with E-state index in [4.69, 9.17) is 15.0 Å². The SMILES string of the molecule is CCC(C)(CC(OC)C(O)C(O)n1cnc2c(N)[n+](O)cnc21)OP(=O)(O)C(C)C. The maximum atomic E-state index is 12.4. The van der Waals surface area contributed by atoms with Gasteiger partial charge >= 0.3 is 7.60 Å². The van der Waals surface area contributed by atoms with Crippen molar-refractivity contribution < 1.29 is 38.9 Å². The monoisotopic (exact) mass is 448 g/mol. The zero-order valence-corrected chi connectivity index (χ0v) is 18.6. The first-order chi connectivity index (χ1) is 13.9. The smallest absolute Gasteiger partial charge is 0.331 e. The van der Waals surface area contributed by atoms with E-state index < -0.39 is 37.3 Å². The van der Waals surface area contributed by atoms with Crippen LogP contribution in [0.15, 0.2) is 12.7 Å². The lowest BCUT2D eigenvalue weighted by Crippen LogP contribution is -2.42. The molecule has 0 aromatic carbocycles. The molecule has 13 heteroatoms. The normalized spacial score (nSPS) is 19.4. The number of nitrogens with two attached hydrogens (primary N) is 1. The predicted molar refractivity (Wildman–Crippen MR) is 107 cm³/mol. The standard InChI is InChI=1S/C17H30N5O7P/c1-6-17(4,29-30(26,27)10(2)3)7-11(28-5)13(23)16(24)21-8-19-12-14(18)22(25)9-20-15(12)21/h8-11,13,16,18,23-25H,6-7H2,1-5H3,(H,26,27)/p+1. The average Bonchev–Trinajstić information content (AvgIpc) is 3.12. The van der Waals surface area contributed by atoms with Crippen LogP contribution >= 0.6 is 7.60 Å². The number of nitrogens with zero attached hydrogens (tertiary/aromatic N) is 4. The molecule has 2 aromatic rings. The Labute approximate surface area is 174 Å². The predicted octanol–water partition coefficient (Wildman–Crippen LogP) is 0.574. The number of aliphatic hydroxyl groups is 2. The van der Waals surface area contributed by atoms with E-state index in [9.17, 15) is 24.9 Å². The molecule has 6 N–H and O–H groups in total. The number of anilines is 1. The van der Waals surface area contributed by atoms with Gasteiger partial charge in [0.25, 0.3) is 12.1 Å². The second-order valence-corrected chi connectivity index (χ2v) is 10.1. The number of methoxy groups -OCH3 is 1. The molecule has 2 heterocycles. The average molecular weight is 448 g/mol. The molecule has 2 rings (SSSR count). The molecule has 2 aromatic heterocycles. The van der Waals surface area contributed by atoms with Crippen LogP contribution in [0.3, 0.4) is 0 Å². The maximum absolute atomic E-state index is 12.4. The van der Waals surface area contributed by atoms with Crippen LogP contribution in [0.25, 0.3) is 11.2 Å². The molecule has 0 fully saturated rings. The fourth-order valence-corrected chi connectivity index (χ4v) is 3.98. The lowest BCUT2D eigenvalue weighted by atomic mass is 9.92. The van der Waals surface area contributed by atoms with Crippen molar-refractivity contribution in [1.29, 1.82) is 0 Å². The summed E-state index contributed by atoms with van der Waals surface area (Å²) in [6.07, 6.45) is -1.25. The highest BCUT2D eigenvalue weighted by atomic mass is 31.2. The second kappa shape index (κ2) is 9.13. The zero-order valence-electron chi connectivity index (χ0n) is 17.7. The van der Waals surface area contributed by atoms with E-state index in [1.807, 2.05) is 0 Å². The van der Waals surface area contributed by atoms with Gasteiger partial charge in [0, 0.05) is 13.5 Å². The van der Waals surface area contributed by atoms with Gasteiger partial charge in [0.2, 0.25) is 11.2 Å². The van der Waals surface area contributed by atoms with Crippen LogP contribution in [-0.4, -0.2) is 65.4 Å². The molecular formula is C17H31N5O7P+. The Bertz CT molecular complexity index is 923. The van der Waals surface area contributed by atoms with Crippen molar-refractivity contribution in [1.82, 2.24) is 14.5 Å². The van der Waals surface area contributed by atoms with Gasteiger partial charge in [0.1, 0.15) is 12.4 Å². The summed E-state index contributed by atoms with van der Waals surface area (Å²) in [7, 11) is -2.52. The Hall–Kier alpha value is -1.82. The number of imidazole rings is 1. The summed E-state index contributed by atoms with van der Waals surface area (Å²) >= 11 is 0. The van der Waals surface area contributed by atoms with E-state index in [1.54, 1.807) is 27.7 Å². The fourth-order valence-electron chi connectivity index (χ4n) is 2.93.